The van der Waals surface area contributed by atoms with Gasteiger partial charge >= 0.3 is 17.9 Å². The zero-order valence-electron chi connectivity index (χ0n) is 44.4. The summed E-state index contributed by atoms with van der Waals surface area (Å²) in [6, 6.07) is 0. The van der Waals surface area contributed by atoms with Crippen molar-refractivity contribution < 1.29 is 28.6 Å². The van der Waals surface area contributed by atoms with Gasteiger partial charge < -0.3 is 14.2 Å². The third kappa shape index (κ3) is 53.9. The SMILES string of the molecule is CC/C=C\C/C=C\C/C=C\CCCCCCCC(=O)OCC(COC(=O)CCCCCCCCC/C=C\C/C=C\CCCCC)OC(=O)CCCCCCCCCCCCCCCCCCC. The van der Waals surface area contributed by atoms with Gasteiger partial charge in [-0.1, -0.05) is 248 Å². The normalized spacial score (nSPS) is 12.5. The van der Waals surface area contributed by atoms with Gasteiger partial charge in [0.1, 0.15) is 13.2 Å². The first-order valence-corrected chi connectivity index (χ1v) is 28.8. The molecule has 0 amide bonds. The number of carbonyl (C=O) groups is 3. The van der Waals surface area contributed by atoms with Gasteiger partial charge in [-0.25, -0.2) is 0 Å². The van der Waals surface area contributed by atoms with Gasteiger partial charge in [0.2, 0.25) is 0 Å². The maximum Gasteiger partial charge on any atom is 0.306 e. The third-order valence-electron chi connectivity index (χ3n) is 12.5. The van der Waals surface area contributed by atoms with Crippen LogP contribution in [0.3, 0.4) is 0 Å². The average Bonchev–Trinajstić information content (AvgIpc) is 3.33. The van der Waals surface area contributed by atoms with E-state index < -0.39 is 6.10 Å². The summed E-state index contributed by atoms with van der Waals surface area (Å²) in [5.41, 5.74) is 0. The number of esters is 3. The number of hydrogen-bond acceptors (Lipinski definition) is 6. The van der Waals surface area contributed by atoms with Crippen LogP contribution in [0.2, 0.25) is 0 Å². The molecule has 388 valence electrons. The molecule has 1 atom stereocenters. The third-order valence-corrected chi connectivity index (χ3v) is 12.5. The molecule has 67 heavy (non-hydrogen) atoms. The molecule has 0 aliphatic carbocycles. The van der Waals surface area contributed by atoms with Crippen LogP contribution in [0.25, 0.3) is 0 Å². The maximum atomic E-state index is 12.9. The van der Waals surface area contributed by atoms with Crippen molar-refractivity contribution in [2.45, 2.75) is 297 Å². The highest BCUT2D eigenvalue weighted by Gasteiger charge is 2.19. The van der Waals surface area contributed by atoms with Gasteiger partial charge in [0.15, 0.2) is 6.10 Å². The smallest absolute Gasteiger partial charge is 0.306 e. The Morgan fingerprint density at radius 2 is 0.582 bits per heavy atom. The Labute approximate surface area is 415 Å². The molecule has 0 aromatic rings. The van der Waals surface area contributed by atoms with E-state index >= 15 is 0 Å². The molecule has 0 aliphatic heterocycles. The lowest BCUT2D eigenvalue weighted by molar-refractivity contribution is -0.167. The zero-order valence-corrected chi connectivity index (χ0v) is 44.4. The highest BCUT2D eigenvalue weighted by atomic mass is 16.6. The molecule has 6 heteroatoms. The average molecular weight is 938 g/mol. The van der Waals surface area contributed by atoms with Crippen molar-refractivity contribution in [2.24, 2.45) is 0 Å². The lowest BCUT2D eigenvalue weighted by Crippen LogP contribution is -2.30. The van der Waals surface area contributed by atoms with Crippen LogP contribution in [0.5, 0.6) is 0 Å². The van der Waals surface area contributed by atoms with Crippen molar-refractivity contribution in [1.29, 1.82) is 0 Å². The van der Waals surface area contributed by atoms with E-state index in [2.05, 4.69) is 81.5 Å². The summed E-state index contributed by atoms with van der Waals surface area (Å²) in [6.45, 7) is 6.51. The molecule has 0 radical (unpaired) electrons. The van der Waals surface area contributed by atoms with E-state index in [0.717, 1.165) is 109 Å². The summed E-state index contributed by atoms with van der Waals surface area (Å²) in [5.74, 6) is -0.893. The number of hydrogen-bond donors (Lipinski definition) is 0. The Morgan fingerprint density at radius 3 is 0.940 bits per heavy atom. The largest absolute Gasteiger partial charge is 0.462 e. The number of unbranched alkanes of at least 4 members (excludes halogenated alkanes) is 31. The van der Waals surface area contributed by atoms with Crippen LogP contribution in [0.4, 0.5) is 0 Å². The highest BCUT2D eigenvalue weighted by Crippen LogP contribution is 2.16. The predicted molar refractivity (Wildman–Crippen MR) is 288 cm³/mol. The number of rotatable bonds is 52. The predicted octanol–water partition coefficient (Wildman–Crippen LogP) is 19.2. The maximum absolute atomic E-state index is 12.9. The first-order valence-electron chi connectivity index (χ1n) is 28.8. The second-order valence-corrected chi connectivity index (χ2v) is 19.2. The Hall–Kier alpha value is -2.89. The first kappa shape index (κ1) is 64.1. The minimum Gasteiger partial charge on any atom is -0.462 e. The number of ether oxygens (including phenoxy) is 3. The van der Waals surface area contributed by atoms with Crippen LogP contribution in [0, 0.1) is 0 Å². The van der Waals surface area contributed by atoms with E-state index in [1.165, 1.54) is 141 Å². The van der Waals surface area contributed by atoms with E-state index in [1.54, 1.807) is 0 Å². The lowest BCUT2D eigenvalue weighted by Gasteiger charge is -2.18. The van der Waals surface area contributed by atoms with Crippen LogP contribution >= 0.6 is 0 Å². The molecule has 0 spiro atoms. The lowest BCUT2D eigenvalue weighted by atomic mass is 10.0. The first-order chi connectivity index (χ1) is 33.0. The molecule has 6 nitrogen and oxygen atoms in total. The van der Waals surface area contributed by atoms with Crippen molar-refractivity contribution in [2.75, 3.05) is 13.2 Å². The summed E-state index contributed by atoms with van der Waals surface area (Å²) < 4.78 is 16.9. The zero-order chi connectivity index (χ0) is 48.6. The summed E-state index contributed by atoms with van der Waals surface area (Å²) >= 11 is 0. The summed E-state index contributed by atoms with van der Waals surface area (Å²) in [7, 11) is 0. The Balaban J connectivity index is 4.39. The minimum absolute atomic E-state index is 0.0817. The van der Waals surface area contributed by atoms with Gasteiger partial charge in [0.25, 0.3) is 0 Å². The van der Waals surface area contributed by atoms with E-state index in [9.17, 15) is 14.4 Å². The summed E-state index contributed by atoms with van der Waals surface area (Å²) in [6.07, 6.45) is 69.2. The Bertz CT molecular complexity index is 1210. The van der Waals surface area contributed by atoms with E-state index in [0.29, 0.717) is 19.3 Å². The fourth-order valence-electron chi connectivity index (χ4n) is 8.19. The minimum atomic E-state index is -0.783. The number of carbonyl (C=O) groups excluding carboxylic acids is 3. The molecule has 0 fully saturated rings. The second-order valence-electron chi connectivity index (χ2n) is 19.2. The van der Waals surface area contributed by atoms with Crippen LogP contribution in [0.1, 0.15) is 290 Å². The van der Waals surface area contributed by atoms with Gasteiger partial charge in [0.05, 0.1) is 0 Å². The molecule has 0 saturated carbocycles. The van der Waals surface area contributed by atoms with Gasteiger partial charge in [-0.3, -0.25) is 14.4 Å². The molecule has 0 aromatic heterocycles. The van der Waals surface area contributed by atoms with Crippen molar-refractivity contribution in [3.05, 3.63) is 60.8 Å². The van der Waals surface area contributed by atoms with Crippen LogP contribution < -0.4 is 0 Å². The molecular weight excluding hydrogens is 829 g/mol. The molecule has 0 aliphatic rings. The van der Waals surface area contributed by atoms with Crippen LogP contribution in [0.15, 0.2) is 60.8 Å². The van der Waals surface area contributed by atoms with Crippen molar-refractivity contribution in [1.82, 2.24) is 0 Å². The monoisotopic (exact) mass is 937 g/mol. The standard InChI is InChI=1S/C61H108O6/c1-4-7-10-13-16-19-22-25-28-30-33-36-39-42-45-48-51-54-60(63)66-57-58(56-65-59(62)53-50-47-44-41-38-35-32-27-24-21-18-15-12-9-6-3)67-61(64)55-52-49-46-43-40-37-34-31-29-26-23-20-17-14-11-8-5-2/h9,12,16,18-19,21,25,27-28,32,58H,4-8,10-11,13-15,17,20,22-24,26,29-31,33-57H2,1-3H3/b12-9-,19-16-,21-18-,28-25-,32-27-. The quantitative estimate of drug-likeness (QED) is 0.0262. The molecule has 0 N–H and O–H groups in total. The number of allylic oxidation sites excluding steroid dienone is 10. The molecule has 0 saturated heterocycles. The van der Waals surface area contributed by atoms with Crippen LogP contribution in [-0.4, -0.2) is 37.2 Å². The van der Waals surface area contributed by atoms with Gasteiger partial charge in [-0.05, 0) is 83.5 Å². The van der Waals surface area contributed by atoms with Crippen LogP contribution in [-0.2, 0) is 28.6 Å². The second kappa shape index (κ2) is 55.7. The van der Waals surface area contributed by atoms with Crippen molar-refractivity contribution in [3.63, 3.8) is 0 Å². The van der Waals surface area contributed by atoms with Crippen molar-refractivity contribution >= 4 is 17.9 Å². The van der Waals surface area contributed by atoms with Gasteiger partial charge in [-0.2, -0.15) is 0 Å². The van der Waals surface area contributed by atoms with Crippen molar-refractivity contribution in [3.8, 4) is 0 Å². The summed E-state index contributed by atoms with van der Waals surface area (Å²) in [5, 5.41) is 0. The molecule has 0 bridgehead atoms. The molecule has 0 rings (SSSR count). The topological polar surface area (TPSA) is 78.9 Å². The summed E-state index contributed by atoms with van der Waals surface area (Å²) in [4.78, 5) is 38.2. The molecular formula is C61H108O6. The molecule has 0 heterocycles. The van der Waals surface area contributed by atoms with E-state index in [-0.39, 0.29) is 31.1 Å². The van der Waals surface area contributed by atoms with Gasteiger partial charge in [0, 0.05) is 19.3 Å². The van der Waals surface area contributed by atoms with Gasteiger partial charge in [-0.15, -0.1) is 0 Å². The molecule has 1 unspecified atom stereocenters. The fourth-order valence-corrected chi connectivity index (χ4v) is 8.19. The van der Waals surface area contributed by atoms with E-state index in [4.69, 9.17) is 14.2 Å². The Morgan fingerprint density at radius 1 is 0.313 bits per heavy atom. The van der Waals surface area contributed by atoms with E-state index in [1.807, 2.05) is 0 Å². The molecule has 0 aromatic carbocycles. The Kier molecular flexibility index (Phi) is 53.3. The highest BCUT2D eigenvalue weighted by molar-refractivity contribution is 5.71. The fraction of sp³-hybridized carbons (Fsp3) is 0.787.